The number of rotatable bonds is 2. The molecule has 76 valence electrons. The third-order valence-corrected chi connectivity index (χ3v) is 2.53. The minimum atomic E-state index is -3.61. The molecule has 0 bridgehead atoms. The van der Waals surface area contributed by atoms with Crippen molar-refractivity contribution in [2.24, 2.45) is 5.14 Å². The van der Waals surface area contributed by atoms with Gasteiger partial charge in [-0.15, -0.1) is 0 Å². The van der Waals surface area contributed by atoms with Crippen LogP contribution in [-0.2, 0) is 10.0 Å². The van der Waals surface area contributed by atoms with Gasteiger partial charge in [0, 0.05) is 5.69 Å². The first-order valence-electron chi connectivity index (χ1n) is 3.80. The smallest absolute Gasteiger partial charge is 0.238 e. The number of sulfonamides is 1. The van der Waals surface area contributed by atoms with E-state index in [0.29, 0.717) is 4.99 Å². The summed E-state index contributed by atoms with van der Waals surface area (Å²) in [6, 6.07) is 6.07. The molecule has 0 amide bonds. The Labute approximate surface area is 88.2 Å². The molecule has 1 aromatic rings. The molecule has 0 aromatic heterocycles. The maximum absolute atomic E-state index is 10.9. The van der Waals surface area contributed by atoms with Crippen molar-refractivity contribution < 1.29 is 8.42 Å². The number of thiocarbonyl (C=S) groups is 1. The lowest BCUT2D eigenvalue weighted by Crippen LogP contribution is -2.12. The molecule has 0 saturated heterocycles. The van der Waals surface area contributed by atoms with E-state index in [1.165, 1.54) is 12.1 Å². The van der Waals surface area contributed by atoms with Crippen LogP contribution in [0.1, 0.15) is 6.92 Å². The molecule has 0 aliphatic carbocycles. The van der Waals surface area contributed by atoms with Crippen molar-refractivity contribution >= 4 is 32.9 Å². The van der Waals surface area contributed by atoms with Crippen molar-refractivity contribution in [3.8, 4) is 0 Å². The van der Waals surface area contributed by atoms with Gasteiger partial charge in [-0.25, -0.2) is 13.6 Å². The van der Waals surface area contributed by atoms with Gasteiger partial charge in [0.2, 0.25) is 10.0 Å². The fourth-order valence-electron chi connectivity index (χ4n) is 0.931. The van der Waals surface area contributed by atoms with Gasteiger partial charge in [0.05, 0.1) is 9.88 Å². The third kappa shape index (κ3) is 3.06. The van der Waals surface area contributed by atoms with Crippen LogP contribution in [0.5, 0.6) is 0 Å². The molecule has 0 unspecified atom stereocenters. The lowest BCUT2D eigenvalue weighted by atomic mass is 10.3. The number of anilines is 1. The Morgan fingerprint density at radius 3 is 2.21 bits per heavy atom. The van der Waals surface area contributed by atoms with Crippen LogP contribution in [0.4, 0.5) is 5.69 Å². The van der Waals surface area contributed by atoms with Crippen LogP contribution in [0, 0.1) is 0 Å². The number of hydrogen-bond acceptors (Lipinski definition) is 3. The lowest BCUT2D eigenvalue weighted by molar-refractivity contribution is 0.598. The van der Waals surface area contributed by atoms with Gasteiger partial charge in [0.15, 0.2) is 0 Å². The van der Waals surface area contributed by atoms with Crippen molar-refractivity contribution in [1.82, 2.24) is 0 Å². The van der Waals surface area contributed by atoms with E-state index in [1.54, 1.807) is 19.1 Å². The monoisotopic (exact) mass is 230 g/mol. The second kappa shape index (κ2) is 4.04. The van der Waals surface area contributed by atoms with Gasteiger partial charge in [0.25, 0.3) is 0 Å². The number of nitrogens with one attached hydrogen (secondary N) is 1. The van der Waals surface area contributed by atoms with Crippen LogP contribution >= 0.6 is 12.2 Å². The molecule has 14 heavy (non-hydrogen) atoms. The fraction of sp³-hybridized carbons (Fsp3) is 0.125. The first-order valence-corrected chi connectivity index (χ1v) is 5.75. The molecule has 0 radical (unpaired) electrons. The maximum atomic E-state index is 10.9. The summed E-state index contributed by atoms with van der Waals surface area (Å²) in [6.07, 6.45) is 0. The minimum absolute atomic E-state index is 0.0880. The van der Waals surface area contributed by atoms with E-state index in [4.69, 9.17) is 17.4 Å². The zero-order chi connectivity index (χ0) is 10.8. The van der Waals surface area contributed by atoms with Gasteiger partial charge < -0.3 is 5.32 Å². The van der Waals surface area contributed by atoms with Gasteiger partial charge >= 0.3 is 0 Å². The van der Waals surface area contributed by atoms with Crippen molar-refractivity contribution in [3.05, 3.63) is 24.3 Å². The summed E-state index contributed by atoms with van der Waals surface area (Å²) in [4.78, 5) is 0.707. The summed E-state index contributed by atoms with van der Waals surface area (Å²) in [5.41, 5.74) is 0.741. The molecule has 4 nitrogen and oxygen atoms in total. The highest BCUT2D eigenvalue weighted by Crippen LogP contribution is 2.12. The van der Waals surface area contributed by atoms with Gasteiger partial charge in [-0.1, -0.05) is 12.2 Å². The zero-order valence-corrected chi connectivity index (χ0v) is 9.15. The second-order valence-electron chi connectivity index (χ2n) is 2.75. The first kappa shape index (κ1) is 11.1. The predicted molar refractivity (Wildman–Crippen MR) is 59.7 cm³/mol. The number of benzene rings is 1. The van der Waals surface area contributed by atoms with Crippen molar-refractivity contribution in [3.63, 3.8) is 0 Å². The molecule has 0 heterocycles. The van der Waals surface area contributed by atoms with E-state index in [2.05, 4.69) is 5.32 Å². The summed E-state index contributed by atoms with van der Waals surface area (Å²) in [7, 11) is -3.61. The molecule has 1 rings (SSSR count). The van der Waals surface area contributed by atoms with Crippen LogP contribution < -0.4 is 10.5 Å². The van der Waals surface area contributed by atoms with Gasteiger partial charge in [0.1, 0.15) is 0 Å². The lowest BCUT2D eigenvalue weighted by Gasteiger charge is -2.04. The SMILES string of the molecule is CC(=S)Nc1ccc(S(N)(=O)=O)cc1. The van der Waals surface area contributed by atoms with E-state index >= 15 is 0 Å². The highest BCUT2D eigenvalue weighted by molar-refractivity contribution is 7.89. The van der Waals surface area contributed by atoms with Gasteiger partial charge in [-0.05, 0) is 31.2 Å². The molecule has 1 aromatic carbocycles. The van der Waals surface area contributed by atoms with E-state index in [1.807, 2.05) is 0 Å². The predicted octanol–water partition coefficient (Wildman–Crippen LogP) is 1.09. The normalized spacial score (nSPS) is 11.0. The summed E-state index contributed by atoms with van der Waals surface area (Å²) < 4.78 is 21.8. The third-order valence-electron chi connectivity index (χ3n) is 1.50. The Morgan fingerprint density at radius 1 is 1.36 bits per heavy atom. The highest BCUT2D eigenvalue weighted by Gasteiger charge is 2.06. The molecular formula is C8H10N2O2S2. The van der Waals surface area contributed by atoms with Crippen LogP contribution in [0.15, 0.2) is 29.2 Å². The Morgan fingerprint density at radius 2 is 1.86 bits per heavy atom. The van der Waals surface area contributed by atoms with Crippen molar-refractivity contribution in [2.45, 2.75) is 11.8 Å². The molecule has 0 spiro atoms. The summed E-state index contributed by atoms with van der Waals surface area (Å²) in [6.45, 7) is 1.74. The standard InChI is InChI=1S/C8H10N2O2S2/c1-6(13)10-7-2-4-8(5-3-7)14(9,11)12/h2-5H,1H3,(H,10,13)(H2,9,11,12). The highest BCUT2D eigenvalue weighted by atomic mass is 32.2. The van der Waals surface area contributed by atoms with Crippen molar-refractivity contribution in [1.29, 1.82) is 0 Å². The van der Waals surface area contributed by atoms with E-state index in [9.17, 15) is 8.42 Å². The average molecular weight is 230 g/mol. The topological polar surface area (TPSA) is 72.2 Å². The van der Waals surface area contributed by atoms with E-state index in [-0.39, 0.29) is 4.90 Å². The van der Waals surface area contributed by atoms with Crippen LogP contribution in [0.25, 0.3) is 0 Å². The average Bonchev–Trinajstić information content (AvgIpc) is 2.02. The Balaban J connectivity index is 2.95. The summed E-state index contributed by atoms with van der Waals surface area (Å²) in [5.74, 6) is 0. The van der Waals surface area contributed by atoms with E-state index < -0.39 is 10.0 Å². The van der Waals surface area contributed by atoms with Crippen molar-refractivity contribution in [2.75, 3.05) is 5.32 Å². The molecular weight excluding hydrogens is 220 g/mol. The Bertz CT molecular complexity index is 437. The molecule has 0 atom stereocenters. The quantitative estimate of drug-likeness (QED) is 0.746. The number of hydrogen-bond donors (Lipinski definition) is 2. The fourth-order valence-corrected chi connectivity index (χ4v) is 1.56. The molecule has 0 fully saturated rings. The zero-order valence-electron chi connectivity index (χ0n) is 7.52. The maximum Gasteiger partial charge on any atom is 0.238 e. The molecule has 3 N–H and O–H groups in total. The van der Waals surface area contributed by atoms with Gasteiger partial charge in [-0.2, -0.15) is 0 Å². The number of primary sulfonamides is 1. The number of nitrogens with two attached hydrogens (primary N) is 1. The molecule has 0 aliphatic heterocycles. The van der Waals surface area contributed by atoms with Crippen LogP contribution in [0.3, 0.4) is 0 Å². The van der Waals surface area contributed by atoms with Crippen LogP contribution in [-0.4, -0.2) is 13.4 Å². The Kier molecular flexibility index (Phi) is 3.20. The Hall–Kier alpha value is -0.980. The first-order chi connectivity index (χ1) is 6.39. The largest absolute Gasteiger partial charge is 0.350 e. The van der Waals surface area contributed by atoms with E-state index in [0.717, 1.165) is 5.69 Å². The molecule has 6 heteroatoms. The summed E-state index contributed by atoms with van der Waals surface area (Å²) in [5, 5.41) is 7.81. The van der Waals surface area contributed by atoms with Gasteiger partial charge in [-0.3, -0.25) is 0 Å². The molecule has 0 aliphatic rings. The summed E-state index contributed by atoms with van der Waals surface area (Å²) >= 11 is 4.83. The molecule has 0 saturated carbocycles. The second-order valence-corrected chi connectivity index (χ2v) is 4.92. The van der Waals surface area contributed by atoms with Crippen LogP contribution in [0.2, 0.25) is 0 Å². The minimum Gasteiger partial charge on any atom is -0.350 e.